The van der Waals surface area contributed by atoms with Crippen molar-refractivity contribution in [1.29, 1.82) is 0 Å². The summed E-state index contributed by atoms with van der Waals surface area (Å²) in [6.45, 7) is 7.27. The molecule has 0 radical (unpaired) electrons. The van der Waals surface area contributed by atoms with Gasteiger partial charge in [0.25, 0.3) is 0 Å². The van der Waals surface area contributed by atoms with Crippen LogP contribution in [0.1, 0.15) is 41.0 Å². The molecule has 2 unspecified atom stereocenters. The number of carbonyl (C=O) groups is 2. The zero-order valence-corrected chi connectivity index (χ0v) is 17.2. The Morgan fingerprint density at radius 1 is 1.14 bits per heavy atom. The smallest absolute Gasteiger partial charge is 0.248 e. The first-order chi connectivity index (χ1) is 13.9. The van der Waals surface area contributed by atoms with E-state index in [1.165, 1.54) is 25.7 Å². The lowest BCUT2D eigenvalue weighted by Crippen LogP contribution is -2.35. The number of hydrogen-bond donors (Lipinski definition) is 1. The van der Waals surface area contributed by atoms with Crippen LogP contribution >= 0.6 is 0 Å². The van der Waals surface area contributed by atoms with Gasteiger partial charge in [-0.1, -0.05) is 13.8 Å². The Bertz CT molecular complexity index is 969. The Morgan fingerprint density at radius 2 is 1.79 bits per heavy atom. The van der Waals surface area contributed by atoms with Gasteiger partial charge in [0.2, 0.25) is 5.91 Å². The van der Waals surface area contributed by atoms with E-state index < -0.39 is 5.91 Å². The first kappa shape index (κ1) is 20.7. The van der Waals surface area contributed by atoms with Gasteiger partial charge in [0, 0.05) is 47.7 Å². The average Bonchev–Trinajstić information content (AvgIpc) is 3.10. The summed E-state index contributed by atoms with van der Waals surface area (Å²) in [7, 11) is 2.21. The first-order valence-electron chi connectivity index (χ1n) is 9.88. The third-order valence-electron chi connectivity index (χ3n) is 5.17. The van der Waals surface area contributed by atoms with Gasteiger partial charge in [-0.2, -0.15) is 0 Å². The molecule has 1 fully saturated rings. The van der Waals surface area contributed by atoms with E-state index in [2.05, 4.69) is 30.8 Å². The van der Waals surface area contributed by atoms with Crippen LogP contribution in [0.4, 0.5) is 0 Å². The number of amides is 1. The van der Waals surface area contributed by atoms with Gasteiger partial charge in [0.05, 0.1) is 0 Å². The molecule has 1 aliphatic heterocycles. The molecule has 2 atom stereocenters. The van der Waals surface area contributed by atoms with Crippen LogP contribution in [0.5, 0.6) is 0 Å². The van der Waals surface area contributed by atoms with E-state index in [1.807, 2.05) is 16.8 Å². The minimum absolute atomic E-state index is 0.456. The van der Waals surface area contributed by atoms with Crippen LogP contribution < -0.4 is 5.73 Å². The van der Waals surface area contributed by atoms with Crippen molar-refractivity contribution in [3.63, 3.8) is 0 Å². The monoisotopic (exact) mass is 392 g/mol. The third kappa shape index (κ3) is 5.09. The van der Waals surface area contributed by atoms with Crippen LogP contribution in [0, 0.1) is 11.8 Å². The number of carbonyl (C=O) groups excluding carboxylic acids is 2. The van der Waals surface area contributed by atoms with E-state index >= 15 is 0 Å². The second-order valence-corrected chi connectivity index (χ2v) is 8.06. The summed E-state index contributed by atoms with van der Waals surface area (Å²) in [5.41, 5.74) is 7.84. The SMILES string of the molecule is CC1CC(C)CN(C)C1.NC(=O)c1ccc(-n2ccc3cc(C=O)cnc32)cc1. The van der Waals surface area contributed by atoms with Gasteiger partial charge in [-0.15, -0.1) is 0 Å². The second kappa shape index (κ2) is 9.01. The van der Waals surface area contributed by atoms with Gasteiger partial charge >= 0.3 is 0 Å². The molecule has 0 saturated carbocycles. The number of benzene rings is 1. The fourth-order valence-electron chi connectivity index (χ4n) is 4.07. The van der Waals surface area contributed by atoms with E-state index in [-0.39, 0.29) is 0 Å². The van der Waals surface area contributed by atoms with Crippen LogP contribution in [0.2, 0.25) is 0 Å². The summed E-state index contributed by atoms with van der Waals surface area (Å²) >= 11 is 0. The van der Waals surface area contributed by atoms with Gasteiger partial charge in [0.15, 0.2) is 6.29 Å². The van der Waals surface area contributed by atoms with Crippen molar-refractivity contribution in [3.8, 4) is 5.69 Å². The molecule has 2 aromatic heterocycles. The van der Waals surface area contributed by atoms with E-state index in [0.29, 0.717) is 11.1 Å². The number of aromatic nitrogens is 2. The maximum Gasteiger partial charge on any atom is 0.248 e. The van der Waals surface area contributed by atoms with Gasteiger partial charge in [0.1, 0.15) is 5.65 Å². The molecule has 0 spiro atoms. The molecule has 3 aromatic rings. The highest BCUT2D eigenvalue weighted by atomic mass is 16.1. The summed E-state index contributed by atoms with van der Waals surface area (Å²) in [6.07, 6.45) is 5.59. The lowest BCUT2D eigenvalue weighted by Gasteiger charge is -2.31. The molecule has 0 aliphatic carbocycles. The number of rotatable bonds is 3. The summed E-state index contributed by atoms with van der Waals surface area (Å²) < 4.78 is 1.88. The van der Waals surface area contributed by atoms with Crippen LogP contribution in [0.3, 0.4) is 0 Å². The van der Waals surface area contributed by atoms with Crippen molar-refractivity contribution < 1.29 is 9.59 Å². The molecule has 0 bridgehead atoms. The minimum Gasteiger partial charge on any atom is -0.366 e. The van der Waals surface area contributed by atoms with Gasteiger partial charge in [-0.3, -0.25) is 9.59 Å². The van der Waals surface area contributed by atoms with Crippen molar-refractivity contribution >= 4 is 23.2 Å². The average molecular weight is 393 g/mol. The Labute approximate surface area is 171 Å². The highest BCUT2D eigenvalue weighted by molar-refractivity contribution is 5.93. The topological polar surface area (TPSA) is 81.2 Å². The van der Waals surface area contributed by atoms with Crippen molar-refractivity contribution in [1.82, 2.24) is 14.5 Å². The van der Waals surface area contributed by atoms with Crippen LogP contribution in [0.15, 0.2) is 48.8 Å². The normalized spacial score (nSPS) is 19.4. The van der Waals surface area contributed by atoms with Gasteiger partial charge in [-0.05, 0) is 61.7 Å². The fraction of sp³-hybridized carbons (Fsp3) is 0.348. The Hall–Kier alpha value is -2.99. The molecule has 6 heteroatoms. The molecular weight excluding hydrogens is 364 g/mol. The summed E-state index contributed by atoms with van der Waals surface area (Å²) in [4.78, 5) is 28.5. The van der Waals surface area contributed by atoms with E-state index in [0.717, 1.165) is 34.8 Å². The number of nitrogens with zero attached hydrogens (tertiary/aromatic N) is 3. The molecule has 1 aromatic carbocycles. The number of pyridine rings is 1. The van der Waals surface area contributed by atoms with Crippen LogP contribution in [0.25, 0.3) is 16.7 Å². The van der Waals surface area contributed by atoms with E-state index in [4.69, 9.17) is 5.73 Å². The molecule has 152 valence electrons. The molecule has 6 nitrogen and oxygen atoms in total. The number of hydrogen-bond acceptors (Lipinski definition) is 4. The predicted octanol–water partition coefficient (Wildman–Crippen LogP) is 3.53. The lowest BCUT2D eigenvalue weighted by atomic mass is 9.92. The largest absolute Gasteiger partial charge is 0.366 e. The van der Waals surface area contributed by atoms with Gasteiger partial charge < -0.3 is 15.2 Å². The van der Waals surface area contributed by atoms with E-state index in [1.54, 1.807) is 30.3 Å². The number of nitrogens with two attached hydrogens (primary N) is 1. The summed E-state index contributed by atoms with van der Waals surface area (Å²) in [5.74, 6) is 1.38. The van der Waals surface area contributed by atoms with Crippen molar-refractivity contribution in [3.05, 3.63) is 59.9 Å². The van der Waals surface area contributed by atoms with Crippen LogP contribution in [-0.2, 0) is 0 Å². The third-order valence-corrected chi connectivity index (χ3v) is 5.17. The number of fused-ring (bicyclic) bond motifs is 1. The molecule has 1 saturated heterocycles. The quantitative estimate of drug-likeness (QED) is 0.692. The van der Waals surface area contributed by atoms with Gasteiger partial charge in [-0.25, -0.2) is 4.98 Å². The highest BCUT2D eigenvalue weighted by Crippen LogP contribution is 2.20. The Balaban J connectivity index is 0.000000224. The highest BCUT2D eigenvalue weighted by Gasteiger charge is 2.18. The molecule has 1 amide bonds. The minimum atomic E-state index is -0.456. The zero-order chi connectivity index (χ0) is 21.0. The Morgan fingerprint density at radius 3 is 2.34 bits per heavy atom. The predicted molar refractivity (Wildman–Crippen MR) is 115 cm³/mol. The lowest BCUT2D eigenvalue weighted by molar-refractivity contribution is 0.1000. The molecule has 29 heavy (non-hydrogen) atoms. The number of likely N-dealkylation sites (tertiary alicyclic amines) is 1. The maximum atomic E-state index is 11.1. The molecule has 4 rings (SSSR count). The zero-order valence-electron chi connectivity index (χ0n) is 17.2. The van der Waals surface area contributed by atoms with E-state index in [9.17, 15) is 9.59 Å². The molecule has 2 N–H and O–H groups in total. The first-order valence-corrected chi connectivity index (χ1v) is 9.88. The van der Waals surface area contributed by atoms with Crippen LogP contribution in [-0.4, -0.2) is 46.8 Å². The van der Waals surface area contributed by atoms with Crippen molar-refractivity contribution in [2.75, 3.05) is 20.1 Å². The number of aldehydes is 1. The van der Waals surface area contributed by atoms with Crippen molar-refractivity contribution in [2.45, 2.75) is 20.3 Å². The molecular formula is C23H28N4O2. The fourth-order valence-corrected chi connectivity index (χ4v) is 4.07. The van der Waals surface area contributed by atoms with Crippen molar-refractivity contribution in [2.24, 2.45) is 17.6 Å². The number of primary amides is 1. The standard InChI is InChI=1S/C15H11N3O2.C8H17N/c16-14(20)11-1-3-13(4-2-11)18-6-5-12-7-10(9-19)8-17-15(12)18;1-7-4-8(2)6-9(3)5-7/h1-9H,(H2,16,20);7-8H,4-6H2,1-3H3. The number of piperidine rings is 1. The second-order valence-electron chi connectivity index (χ2n) is 8.06. The summed E-state index contributed by atoms with van der Waals surface area (Å²) in [6, 6.07) is 10.6. The Kier molecular flexibility index (Phi) is 6.44. The maximum absolute atomic E-state index is 11.1. The molecule has 1 aliphatic rings. The molecule has 3 heterocycles. The summed E-state index contributed by atoms with van der Waals surface area (Å²) in [5, 5.41) is 0.883.